The molecule has 2 aromatic carbocycles. The number of rotatable bonds is 6. The Morgan fingerprint density at radius 3 is 2.46 bits per heavy atom. The van der Waals surface area contributed by atoms with Crippen molar-refractivity contribution in [2.45, 2.75) is 31.8 Å². The Hall–Kier alpha value is -3.28. The van der Waals surface area contributed by atoms with Gasteiger partial charge in [-0.1, -0.05) is 0 Å². The molecule has 0 radical (unpaired) electrons. The molecule has 146 valence electrons. The lowest BCUT2D eigenvalue weighted by molar-refractivity contribution is -0.134. The number of methoxy groups -OCH3 is 1. The van der Waals surface area contributed by atoms with Crippen LogP contribution < -0.4 is 4.74 Å². The Labute approximate surface area is 163 Å². The van der Waals surface area contributed by atoms with Crippen LogP contribution >= 0.6 is 0 Å². The summed E-state index contributed by atoms with van der Waals surface area (Å²) in [5.74, 6) is -0.695. The molecule has 2 N–H and O–H groups in total. The third-order valence-electron chi connectivity index (χ3n) is 4.71. The Balaban J connectivity index is 1.81. The Morgan fingerprint density at radius 1 is 1.04 bits per heavy atom. The van der Waals surface area contributed by atoms with Gasteiger partial charge in [0.05, 0.1) is 18.8 Å². The number of esters is 1. The summed E-state index contributed by atoms with van der Waals surface area (Å²) < 4.78 is 10.4. The molecule has 1 aliphatic rings. The number of carbonyl (C=O) groups is 2. The van der Waals surface area contributed by atoms with E-state index in [-0.39, 0.29) is 34.3 Å². The molecule has 0 bridgehead atoms. The van der Waals surface area contributed by atoms with Crippen LogP contribution in [0.25, 0.3) is 6.08 Å². The minimum Gasteiger partial charge on any atom is -0.507 e. The molecular weight excluding hydrogens is 360 g/mol. The summed E-state index contributed by atoms with van der Waals surface area (Å²) >= 11 is 0. The fourth-order valence-corrected chi connectivity index (χ4v) is 3.19. The van der Waals surface area contributed by atoms with Gasteiger partial charge in [0, 0.05) is 23.3 Å². The standard InChI is InChI=1S/C22H22O6/c1-27-21(25)11-7-14-12-15(6-10-19(14)23)22(26)18-9-8-17(13-20(18)24)28-16-4-2-3-5-16/h6-13,16,23-24H,2-5H2,1H3. The molecule has 0 spiro atoms. The summed E-state index contributed by atoms with van der Waals surface area (Å²) in [4.78, 5) is 24.0. The van der Waals surface area contributed by atoms with Gasteiger partial charge in [0.1, 0.15) is 17.2 Å². The van der Waals surface area contributed by atoms with E-state index in [2.05, 4.69) is 4.74 Å². The van der Waals surface area contributed by atoms with Crippen molar-refractivity contribution in [2.75, 3.05) is 7.11 Å². The summed E-state index contributed by atoms with van der Waals surface area (Å²) in [5, 5.41) is 20.2. The molecule has 6 nitrogen and oxygen atoms in total. The molecule has 2 aromatic rings. The number of ketones is 1. The summed E-state index contributed by atoms with van der Waals surface area (Å²) in [7, 11) is 1.25. The lowest BCUT2D eigenvalue weighted by Gasteiger charge is -2.14. The van der Waals surface area contributed by atoms with Crippen LogP contribution in [-0.4, -0.2) is 35.2 Å². The van der Waals surface area contributed by atoms with E-state index in [9.17, 15) is 19.8 Å². The van der Waals surface area contributed by atoms with E-state index >= 15 is 0 Å². The molecule has 6 heteroatoms. The number of benzene rings is 2. The van der Waals surface area contributed by atoms with Gasteiger partial charge in [-0.15, -0.1) is 0 Å². The zero-order chi connectivity index (χ0) is 20.1. The van der Waals surface area contributed by atoms with Gasteiger partial charge in [0.15, 0.2) is 5.78 Å². The van der Waals surface area contributed by atoms with Crippen LogP contribution in [0, 0.1) is 0 Å². The van der Waals surface area contributed by atoms with Crippen molar-refractivity contribution < 1.29 is 29.3 Å². The van der Waals surface area contributed by atoms with Crippen molar-refractivity contribution in [2.24, 2.45) is 0 Å². The number of phenolic OH excluding ortho intramolecular Hbond substituents is 2. The third kappa shape index (κ3) is 4.52. The maximum absolute atomic E-state index is 12.8. The lowest BCUT2D eigenvalue weighted by Crippen LogP contribution is -2.11. The highest BCUT2D eigenvalue weighted by Gasteiger charge is 2.19. The van der Waals surface area contributed by atoms with E-state index in [0.717, 1.165) is 31.8 Å². The second-order valence-corrected chi connectivity index (χ2v) is 6.66. The van der Waals surface area contributed by atoms with E-state index in [1.54, 1.807) is 6.07 Å². The summed E-state index contributed by atoms with van der Waals surface area (Å²) in [6.45, 7) is 0. The van der Waals surface area contributed by atoms with Gasteiger partial charge in [-0.05, 0) is 62.1 Å². The van der Waals surface area contributed by atoms with Gasteiger partial charge in [-0.3, -0.25) is 4.79 Å². The number of hydrogen-bond donors (Lipinski definition) is 2. The van der Waals surface area contributed by atoms with Crippen LogP contribution in [0.5, 0.6) is 17.2 Å². The molecule has 0 atom stereocenters. The summed E-state index contributed by atoms with van der Waals surface area (Å²) in [5.41, 5.74) is 0.686. The number of phenols is 2. The number of carbonyl (C=O) groups excluding carboxylic acids is 2. The highest BCUT2D eigenvalue weighted by atomic mass is 16.5. The Morgan fingerprint density at radius 2 is 1.79 bits per heavy atom. The van der Waals surface area contributed by atoms with Crippen molar-refractivity contribution in [3.8, 4) is 17.2 Å². The summed E-state index contributed by atoms with van der Waals surface area (Å²) in [6, 6.07) is 8.90. The van der Waals surface area contributed by atoms with Crippen LogP contribution in [0.4, 0.5) is 0 Å². The molecule has 28 heavy (non-hydrogen) atoms. The highest BCUT2D eigenvalue weighted by molar-refractivity contribution is 6.11. The molecule has 0 aromatic heterocycles. The zero-order valence-electron chi connectivity index (χ0n) is 15.6. The fourth-order valence-electron chi connectivity index (χ4n) is 3.19. The van der Waals surface area contributed by atoms with Gasteiger partial charge in [-0.25, -0.2) is 4.79 Å². The van der Waals surface area contributed by atoms with E-state index in [1.807, 2.05) is 0 Å². The van der Waals surface area contributed by atoms with Crippen molar-refractivity contribution in [3.63, 3.8) is 0 Å². The van der Waals surface area contributed by atoms with Gasteiger partial charge in [-0.2, -0.15) is 0 Å². The minimum atomic E-state index is -0.577. The molecule has 0 unspecified atom stereocenters. The first-order chi connectivity index (χ1) is 13.5. The maximum Gasteiger partial charge on any atom is 0.330 e. The van der Waals surface area contributed by atoms with E-state index in [1.165, 1.54) is 43.5 Å². The normalized spacial score (nSPS) is 14.3. The van der Waals surface area contributed by atoms with Crippen molar-refractivity contribution >= 4 is 17.8 Å². The smallest absolute Gasteiger partial charge is 0.330 e. The average molecular weight is 382 g/mol. The molecule has 0 amide bonds. The van der Waals surface area contributed by atoms with Gasteiger partial charge in [0.25, 0.3) is 0 Å². The second-order valence-electron chi connectivity index (χ2n) is 6.66. The Bertz CT molecular complexity index is 909. The predicted molar refractivity (Wildman–Crippen MR) is 104 cm³/mol. The third-order valence-corrected chi connectivity index (χ3v) is 4.71. The van der Waals surface area contributed by atoms with Gasteiger partial charge in [0.2, 0.25) is 0 Å². The zero-order valence-corrected chi connectivity index (χ0v) is 15.6. The number of ether oxygens (including phenoxy) is 2. The molecule has 1 fully saturated rings. The monoisotopic (exact) mass is 382 g/mol. The van der Waals surface area contributed by atoms with Crippen molar-refractivity contribution in [1.29, 1.82) is 0 Å². The molecule has 3 rings (SSSR count). The SMILES string of the molecule is COC(=O)C=Cc1cc(C(=O)c2ccc(OC3CCCC3)cc2O)ccc1O. The van der Waals surface area contributed by atoms with Gasteiger partial charge >= 0.3 is 5.97 Å². The van der Waals surface area contributed by atoms with Crippen LogP contribution in [0.2, 0.25) is 0 Å². The van der Waals surface area contributed by atoms with E-state index < -0.39 is 11.8 Å². The largest absolute Gasteiger partial charge is 0.507 e. The van der Waals surface area contributed by atoms with Crippen molar-refractivity contribution in [3.05, 3.63) is 59.2 Å². The first-order valence-corrected chi connectivity index (χ1v) is 9.11. The maximum atomic E-state index is 12.8. The topological polar surface area (TPSA) is 93.1 Å². The molecule has 0 saturated heterocycles. The molecule has 1 aliphatic carbocycles. The highest BCUT2D eigenvalue weighted by Crippen LogP contribution is 2.30. The first-order valence-electron chi connectivity index (χ1n) is 9.11. The molecule has 0 heterocycles. The van der Waals surface area contributed by atoms with Gasteiger partial charge < -0.3 is 19.7 Å². The minimum absolute atomic E-state index is 0.0822. The first kappa shape index (κ1) is 19.5. The Kier molecular flexibility index (Phi) is 5.99. The molecular formula is C22H22O6. The molecule has 0 aliphatic heterocycles. The number of aromatic hydroxyl groups is 2. The van der Waals surface area contributed by atoms with Crippen LogP contribution in [-0.2, 0) is 9.53 Å². The van der Waals surface area contributed by atoms with E-state index in [4.69, 9.17) is 4.74 Å². The van der Waals surface area contributed by atoms with Crippen LogP contribution in [0.15, 0.2) is 42.5 Å². The van der Waals surface area contributed by atoms with E-state index in [0.29, 0.717) is 5.75 Å². The fraction of sp³-hybridized carbons (Fsp3) is 0.273. The average Bonchev–Trinajstić information content (AvgIpc) is 3.19. The second kappa shape index (κ2) is 8.61. The number of hydrogen-bond acceptors (Lipinski definition) is 6. The van der Waals surface area contributed by atoms with Crippen LogP contribution in [0.1, 0.15) is 47.2 Å². The lowest BCUT2D eigenvalue weighted by atomic mass is 9.99. The van der Waals surface area contributed by atoms with Crippen molar-refractivity contribution in [1.82, 2.24) is 0 Å². The summed E-state index contributed by atoms with van der Waals surface area (Å²) in [6.07, 6.45) is 6.93. The predicted octanol–water partition coefficient (Wildman–Crippen LogP) is 3.84. The van der Waals surface area contributed by atoms with Crippen LogP contribution in [0.3, 0.4) is 0 Å². The quantitative estimate of drug-likeness (QED) is 0.448. The molecule has 1 saturated carbocycles.